The van der Waals surface area contributed by atoms with Gasteiger partial charge in [0, 0.05) is 21.6 Å². The number of anilines is 1. The van der Waals surface area contributed by atoms with Crippen LogP contribution in [0.2, 0.25) is 5.02 Å². The zero-order valence-corrected chi connectivity index (χ0v) is 19.9. The molecule has 0 spiro atoms. The van der Waals surface area contributed by atoms with Crippen LogP contribution in [0.1, 0.15) is 11.1 Å². The number of carbonyl (C=O) groups excluding carboxylic acids is 1. The van der Waals surface area contributed by atoms with Gasteiger partial charge >= 0.3 is 0 Å². The molecule has 3 rings (SSSR count). The first-order valence-electron chi connectivity index (χ1n) is 9.32. The molecule has 0 fully saturated rings. The number of sulfonamides is 1. The van der Waals surface area contributed by atoms with E-state index in [4.69, 9.17) is 11.6 Å². The summed E-state index contributed by atoms with van der Waals surface area (Å²) in [6.45, 7) is 0.627. The van der Waals surface area contributed by atoms with E-state index in [1.54, 1.807) is 19.1 Å². The Bertz CT molecular complexity index is 1230. The maximum atomic E-state index is 14.4. The highest BCUT2D eigenvalue weighted by molar-refractivity contribution is 9.10. The van der Waals surface area contributed by atoms with E-state index in [9.17, 15) is 22.0 Å². The number of rotatable bonds is 7. The summed E-state index contributed by atoms with van der Waals surface area (Å²) in [6, 6.07) is 14.0. The normalized spacial score (nSPS) is 11.6. The fraction of sp³-hybridized carbons (Fsp3) is 0.136. The summed E-state index contributed by atoms with van der Waals surface area (Å²) in [6.07, 6.45) is 0. The first-order chi connectivity index (χ1) is 15.1. The molecule has 0 unspecified atom stereocenters. The van der Waals surface area contributed by atoms with Crippen molar-refractivity contribution in [2.24, 2.45) is 0 Å². The summed E-state index contributed by atoms with van der Waals surface area (Å²) in [7, 11) is -4.21. The fourth-order valence-electron chi connectivity index (χ4n) is 2.89. The Morgan fingerprint density at radius 3 is 2.38 bits per heavy atom. The molecule has 10 heteroatoms. The van der Waals surface area contributed by atoms with Gasteiger partial charge in [0.2, 0.25) is 15.9 Å². The third-order valence-corrected chi connectivity index (χ3v) is 7.23. The lowest BCUT2D eigenvalue weighted by atomic mass is 10.2. The van der Waals surface area contributed by atoms with Gasteiger partial charge in [-0.1, -0.05) is 51.3 Å². The van der Waals surface area contributed by atoms with Gasteiger partial charge in [0.1, 0.15) is 11.6 Å². The quantitative estimate of drug-likeness (QED) is 0.427. The Morgan fingerprint density at radius 2 is 1.75 bits per heavy atom. The summed E-state index contributed by atoms with van der Waals surface area (Å²) in [5.74, 6) is -2.20. The molecule has 168 valence electrons. The Balaban J connectivity index is 1.94. The largest absolute Gasteiger partial charge is 0.322 e. The van der Waals surface area contributed by atoms with Gasteiger partial charge in [-0.25, -0.2) is 17.2 Å². The molecule has 1 amide bonds. The summed E-state index contributed by atoms with van der Waals surface area (Å²) in [5.41, 5.74) is 0.651. The van der Waals surface area contributed by atoms with Gasteiger partial charge in [-0.2, -0.15) is 4.31 Å². The minimum Gasteiger partial charge on any atom is -0.322 e. The highest BCUT2D eigenvalue weighted by Gasteiger charge is 2.29. The van der Waals surface area contributed by atoms with E-state index < -0.39 is 40.7 Å². The molecule has 1 N–H and O–H groups in total. The number of hydrogen-bond donors (Lipinski definition) is 1. The van der Waals surface area contributed by atoms with Gasteiger partial charge in [-0.3, -0.25) is 4.79 Å². The third kappa shape index (κ3) is 5.72. The van der Waals surface area contributed by atoms with Gasteiger partial charge in [-0.05, 0) is 49.4 Å². The standard InChI is InChI=1S/C22H18BrClF2N2O3S/c1-14-5-8-16(9-6-14)32(30,31)28(12-17-18(24)3-2-4-19(17)25)13-22(29)27-21-10-7-15(23)11-20(21)26/h2-11H,12-13H2,1H3,(H,27,29). The second-order valence-electron chi connectivity index (χ2n) is 6.96. The van der Waals surface area contributed by atoms with Gasteiger partial charge in [0.15, 0.2) is 0 Å². The van der Waals surface area contributed by atoms with E-state index in [-0.39, 0.29) is 21.2 Å². The van der Waals surface area contributed by atoms with Crippen molar-refractivity contribution in [1.82, 2.24) is 4.31 Å². The maximum absolute atomic E-state index is 14.4. The Labute approximate surface area is 198 Å². The number of halogens is 4. The lowest BCUT2D eigenvalue weighted by Gasteiger charge is -2.23. The van der Waals surface area contributed by atoms with E-state index in [0.29, 0.717) is 4.47 Å². The van der Waals surface area contributed by atoms with E-state index in [1.165, 1.54) is 36.4 Å². The molecule has 3 aromatic rings. The summed E-state index contributed by atoms with van der Waals surface area (Å²) in [5, 5.41) is 2.37. The van der Waals surface area contributed by atoms with Gasteiger partial charge in [-0.15, -0.1) is 0 Å². The molecular formula is C22H18BrClF2N2O3S. The number of carbonyl (C=O) groups is 1. The summed E-state index contributed by atoms with van der Waals surface area (Å²) < 4.78 is 56.3. The Hall–Kier alpha value is -2.33. The topological polar surface area (TPSA) is 66.5 Å². The van der Waals surface area contributed by atoms with E-state index in [2.05, 4.69) is 21.2 Å². The molecule has 0 atom stereocenters. The molecule has 5 nitrogen and oxygen atoms in total. The number of amides is 1. The Morgan fingerprint density at radius 1 is 1.06 bits per heavy atom. The van der Waals surface area contributed by atoms with E-state index in [1.807, 2.05) is 0 Å². The van der Waals surface area contributed by atoms with E-state index >= 15 is 0 Å². The van der Waals surface area contributed by atoms with Crippen LogP contribution in [0, 0.1) is 18.6 Å². The van der Waals surface area contributed by atoms with Crippen LogP contribution in [0.4, 0.5) is 14.5 Å². The summed E-state index contributed by atoms with van der Waals surface area (Å²) in [4.78, 5) is 12.6. The van der Waals surface area contributed by atoms with Crippen molar-refractivity contribution in [1.29, 1.82) is 0 Å². The highest BCUT2D eigenvalue weighted by Crippen LogP contribution is 2.25. The number of nitrogens with one attached hydrogen (secondary N) is 1. The molecule has 0 radical (unpaired) electrons. The lowest BCUT2D eigenvalue weighted by molar-refractivity contribution is -0.116. The van der Waals surface area contributed by atoms with Crippen LogP contribution < -0.4 is 5.32 Å². The first-order valence-corrected chi connectivity index (χ1v) is 11.9. The first kappa shape index (κ1) is 24.3. The predicted octanol–water partition coefficient (Wildman–Crippen LogP) is 5.52. The van der Waals surface area contributed by atoms with Crippen LogP contribution in [0.15, 0.2) is 70.0 Å². The van der Waals surface area contributed by atoms with Crippen molar-refractivity contribution in [3.8, 4) is 0 Å². The molecule has 0 aliphatic heterocycles. The molecule has 0 aliphatic rings. The number of nitrogens with zero attached hydrogens (tertiary/aromatic N) is 1. The maximum Gasteiger partial charge on any atom is 0.243 e. The fourth-order valence-corrected chi connectivity index (χ4v) is 4.81. The second-order valence-corrected chi connectivity index (χ2v) is 10.2. The van der Waals surface area contributed by atoms with Crippen LogP contribution in [-0.4, -0.2) is 25.2 Å². The SMILES string of the molecule is Cc1ccc(S(=O)(=O)N(CC(=O)Nc2ccc(Br)cc2F)Cc2c(F)cccc2Cl)cc1. The van der Waals surface area contributed by atoms with Crippen LogP contribution in [0.5, 0.6) is 0 Å². The van der Waals surface area contributed by atoms with Gasteiger partial charge in [0.25, 0.3) is 0 Å². The van der Waals surface area contributed by atoms with E-state index in [0.717, 1.165) is 22.0 Å². The zero-order valence-electron chi connectivity index (χ0n) is 16.8. The molecular weight excluding hydrogens is 526 g/mol. The van der Waals surface area contributed by atoms with Crippen LogP contribution >= 0.6 is 27.5 Å². The van der Waals surface area contributed by atoms with Crippen molar-refractivity contribution >= 4 is 49.1 Å². The van der Waals surface area contributed by atoms with Crippen LogP contribution in [-0.2, 0) is 21.4 Å². The van der Waals surface area contributed by atoms with Crippen LogP contribution in [0.3, 0.4) is 0 Å². The molecule has 0 saturated heterocycles. The van der Waals surface area contributed by atoms with Crippen molar-refractivity contribution in [3.63, 3.8) is 0 Å². The average molecular weight is 544 g/mol. The van der Waals surface area contributed by atoms with Gasteiger partial charge in [0.05, 0.1) is 17.1 Å². The van der Waals surface area contributed by atoms with Crippen molar-refractivity contribution in [3.05, 3.63) is 92.9 Å². The minimum absolute atomic E-state index is 0.0217. The van der Waals surface area contributed by atoms with Crippen molar-refractivity contribution < 1.29 is 22.0 Å². The number of hydrogen-bond acceptors (Lipinski definition) is 3. The smallest absolute Gasteiger partial charge is 0.243 e. The molecule has 0 aliphatic carbocycles. The van der Waals surface area contributed by atoms with Crippen LogP contribution in [0.25, 0.3) is 0 Å². The zero-order chi connectivity index (χ0) is 23.5. The average Bonchev–Trinajstić information content (AvgIpc) is 2.72. The molecule has 0 heterocycles. The molecule has 3 aromatic carbocycles. The highest BCUT2D eigenvalue weighted by atomic mass is 79.9. The number of benzene rings is 3. The van der Waals surface area contributed by atoms with Crippen molar-refractivity contribution in [2.45, 2.75) is 18.4 Å². The molecule has 0 saturated carbocycles. The predicted molar refractivity (Wildman–Crippen MR) is 123 cm³/mol. The Kier molecular flexibility index (Phi) is 7.66. The van der Waals surface area contributed by atoms with Gasteiger partial charge < -0.3 is 5.32 Å². The number of aryl methyl sites for hydroxylation is 1. The molecule has 32 heavy (non-hydrogen) atoms. The van der Waals surface area contributed by atoms with Crippen molar-refractivity contribution in [2.75, 3.05) is 11.9 Å². The second kappa shape index (κ2) is 10.1. The minimum atomic E-state index is -4.21. The third-order valence-electron chi connectivity index (χ3n) is 4.58. The monoisotopic (exact) mass is 542 g/mol. The molecule has 0 bridgehead atoms. The lowest BCUT2D eigenvalue weighted by Crippen LogP contribution is -2.38. The summed E-state index contributed by atoms with van der Waals surface area (Å²) >= 11 is 9.20. The molecule has 0 aromatic heterocycles.